The molecular weight excluding hydrogens is 271 g/mol. The van der Waals surface area contributed by atoms with Crippen molar-refractivity contribution in [1.82, 2.24) is 10.6 Å². The third-order valence-corrected chi connectivity index (χ3v) is 3.27. The molecular formula is C16H21FN2O2. The number of amides is 1. The van der Waals surface area contributed by atoms with E-state index in [2.05, 4.69) is 17.2 Å². The van der Waals surface area contributed by atoms with Crippen molar-refractivity contribution in [1.29, 1.82) is 0 Å². The second-order valence-electron chi connectivity index (χ2n) is 5.20. The van der Waals surface area contributed by atoms with Crippen molar-refractivity contribution >= 4 is 5.91 Å². The van der Waals surface area contributed by atoms with Crippen molar-refractivity contribution in [2.24, 2.45) is 0 Å². The molecule has 0 aliphatic heterocycles. The van der Waals surface area contributed by atoms with Crippen molar-refractivity contribution in [3.05, 3.63) is 42.2 Å². The van der Waals surface area contributed by atoms with E-state index in [1.807, 2.05) is 0 Å². The molecule has 0 radical (unpaired) electrons. The Hall–Kier alpha value is -1.88. The summed E-state index contributed by atoms with van der Waals surface area (Å²) in [6.07, 6.45) is 3.28. The van der Waals surface area contributed by atoms with Crippen LogP contribution < -0.4 is 15.4 Å². The first kappa shape index (κ1) is 15.5. The van der Waals surface area contributed by atoms with E-state index < -0.39 is 6.10 Å². The second kappa shape index (κ2) is 7.22. The van der Waals surface area contributed by atoms with Crippen LogP contribution >= 0.6 is 0 Å². The molecule has 1 unspecified atom stereocenters. The fourth-order valence-corrected chi connectivity index (χ4v) is 1.90. The van der Waals surface area contributed by atoms with Gasteiger partial charge in [-0.25, -0.2) is 4.39 Å². The topological polar surface area (TPSA) is 50.4 Å². The Labute approximate surface area is 124 Å². The summed E-state index contributed by atoms with van der Waals surface area (Å²) in [6, 6.07) is 4.87. The normalized spacial score (nSPS) is 15.3. The van der Waals surface area contributed by atoms with E-state index in [-0.39, 0.29) is 11.7 Å². The third-order valence-electron chi connectivity index (χ3n) is 3.27. The maximum atomic E-state index is 13.4. The van der Waals surface area contributed by atoms with E-state index in [9.17, 15) is 9.18 Å². The monoisotopic (exact) mass is 292 g/mol. The number of carbonyl (C=O) groups excluding carboxylic acids is 1. The number of halogens is 1. The summed E-state index contributed by atoms with van der Waals surface area (Å²) in [7, 11) is 0. The molecule has 2 rings (SSSR count). The van der Waals surface area contributed by atoms with Crippen LogP contribution in [0.3, 0.4) is 0 Å². The van der Waals surface area contributed by atoms with Gasteiger partial charge in [-0.3, -0.25) is 4.79 Å². The summed E-state index contributed by atoms with van der Waals surface area (Å²) < 4.78 is 19.0. The highest BCUT2D eigenvalue weighted by Crippen LogP contribution is 2.24. The lowest BCUT2D eigenvalue weighted by atomic mass is 10.2. The molecule has 114 valence electrons. The maximum Gasteiger partial charge on any atom is 0.261 e. The number of carbonyl (C=O) groups is 1. The molecule has 5 heteroatoms. The van der Waals surface area contributed by atoms with Crippen molar-refractivity contribution in [2.75, 3.05) is 6.54 Å². The van der Waals surface area contributed by atoms with E-state index in [0.717, 1.165) is 18.4 Å². The van der Waals surface area contributed by atoms with E-state index in [0.29, 0.717) is 24.9 Å². The molecule has 2 N–H and O–H groups in total. The first-order valence-electron chi connectivity index (χ1n) is 7.17. The summed E-state index contributed by atoms with van der Waals surface area (Å²) >= 11 is 0. The van der Waals surface area contributed by atoms with Crippen molar-refractivity contribution in [3.8, 4) is 5.75 Å². The van der Waals surface area contributed by atoms with Gasteiger partial charge in [0.05, 0.1) is 0 Å². The Balaban J connectivity index is 1.99. The summed E-state index contributed by atoms with van der Waals surface area (Å²) in [6.45, 7) is 6.14. The first-order chi connectivity index (χ1) is 10.1. The molecule has 0 spiro atoms. The summed E-state index contributed by atoms with van der Waals surface area (Å²) in [4.78, 5) is 11.8. The molecule has 4 nitrogen and oxygen atoms in total. The lowest BCUT2D eigenvalue weighted by Gasteiger charge is -2.17. The van der Waals surface area contributed by atoms with Crippen LogP contribution in [0.2, 0.25) is 0 Å². The van der Waals surface area contributed by atoms with Gasteiger partial charge in [-0.15, -0.1) is 6.58 Å². The largest absolute Gasteiger partial charge is 0.481 e. The van der Waals surface area contributed by atoms with Crippen LogP contribution in [0.5, 0.6) is 5.75 Å². The predicted molar refractivity (Wildman–Crippen MR) is 79.6 cm³/mol. The number of rotatable bonds is 8. The fraction of sp³-hybridized carbons (Fsp3) is 0.438. The first-order valence-corrected chi connectivity index (χ1v) is 7.17. The highest BCUT2D eigenvalue weighted by Gasteiger charge is 2.21. The van der Waals surface area contributed by atoms with Crippen molar-refractivity contribution in [2.45, 2.75) is 38.5 Å². The fourth-order valence-electron chi connectivity index (χ4n) is 1.90. The highest BCUT2D eigenvalue weighted by molar-refractivity contribution is 5.80. The van der Waals surface area contributed by atoms with Gasteiger partial charge in [0.25, 0.3) is 5.91 Å². The van der Waals surface area contributed by atoms with Gasteiger partial charge in [0, 0.05) is 24.7 Å². The Morgan fingerprint density at radius 2 is 2.33 bits per heavy atom. The minimum atomic E-state index is -0.643. The number of hydrogen-bond acceptors (Lipinski definition) is 3. The van der Waals surface area contributed by atoms with Gasteiger partial charge in [0.1, 0.15) is 11.6 Å². The van der Waals surface area contributed by atoms with E-state index in [1.165, 1.54) is 12.1 Å². The molecule has 1 aliphatic rings. The van der Waals surface area contributed by atoms with Crippen LogP contribution in [0.4, 0.5) is 4.39 Å². The number of hydrogen-bond donors (Lipinski definition) is 2. The van der Waals surface area contributed by atoms with Crippen LogP contribution in [-0.2, 0) is 11.3 Å². The van der Waals surface area contributed by atoms with Crippen LogP contribution in [0.25, 0.3) is 0 Å². The van der Waals surface area contributed by atoms with Crippen molar-refractivity contribution < 1.29 is 13.9 Å². The zero-order chi connectivity index (χ0) is 15.2. The van der Waals surface area contributed by atoms with E-state index >= 15 is 0 Å². The van der Waals surface area contributed by atoms with Crippen LogP contribution in [0.15, 0.2) is 30.9 Å². The standard InChI is InChI=1S/C16H21FN2O2/c1-3-8-18-16(20)11(2)21-15-7-4-13(17)9-12(15)10-19-14-5-6-14/h3-4,7,9,11,14,19H,1,5-6,8,10H2,2H3,(H,18,20). The molecule has 0 heterocycles. The quantitative estimate of drug-likeness (QED) is 0.722. The number of benzene rings is 1. The smallest absolute Gasteiger partial charge is 0.261 e. The lowest BCUT2D eigenvalue weighted by Crippen LogP contribution is -2.36. The minimum absolute atomic E-state index is 0.222. The molecule has 1 saturated carbocycles. The van der Waals surface area contributed by atoms with Gasteiger partial charge < -0.3 is 15.4 Å². The molecule has 1 aliphatic carbocycles. The SMILES string of the molecule is C=CCNC(=O)C(C)Oc1ccc(F)cc1CNC1CC1. The van der Waals surface area contributed by atoms with Gasteiger partial charge >= 0.3 is 0 Å². The zero-order valence-electron chi connectivity index (χ0n) is 12.2. The Morgan fingerprint density at radius 3 is 3.00 bits per heavy atom. The summed E-state index contributed by atoms with van der Waals surface area (Å²) in [5.41, 5.74) is 0.727. The van der Waals surface area contributed by atoms with Gasteiger partial charge in [0.15, 0.2) is 6.10 Å². The average Bonchev–Trinajstić information content (AvgIpc) is 3.29. The van der Waals surface area contributed by atoms with E-state index in [1.54, 1.807) is 19.1 Å². The molecule has 1 amide bonds. The Morgan fingerprint density at radius 1 is 1.57 bits per heavy atom. The van der Waals surface area contributed by atoms with Gasteiger partial charge in [0.2, 0.25) is 0 Å². The summed E-state index contributed by atoms with van der Waals surface area (Å²) in [5, 5.41) is 5.99. The Bertz CT molecular complexity index is 515. The Kier molecular flexibility index (Phi) is 5.33. The number of ether oxygens (including phenoxy) is 1. The summed E-state index contributed by atoms with van der Waals surface area (Å²) in [5.74, 6) is 0.00448. The number of nitrogens with one attached hydrogen (secondary N) is 2. The van der Waals surface area contributed by atoms with Crippen molar-refractivity contribution in [3.63, 3.8) is 0 Å². The van der Waals surface area contributed by atoms with Crippen LogP contribution in [0, 0.1) is 5.82 Å². The molecule has 1 atom stereocenters. The van der Waals surface area contributed by atoms with Crippen LogP contribution in [-0.4, -0.2) is 24.6 Å². The molecule has 1 fully saturated rings. The maximum absolute atomic E-state index is 13.4. The van der Waals surface area contributed by atoms with E-state index in [4.69, 9.17) is 4.74 Å². The molecule has 0 saturated heterocycles. The molecule has 0 bridgehead atoms. The second-order valence-corrected chi connectivity index (χ2v) is 5.20. The predicted octanol–water partition coefficient (Wildman–Crippen LogP) is 2.15. The van der Waals surface area contributed by atoms with Gasteiger partial charge in [-0.2, -0.15) is 0 Å². The lowest BCUT2D eigenvalue weighted by molar-refractivity contribution is -0.127. The van der Waals surface area contributed by atoms with Gasteiger partial charge in [-0.1, -0.05) is 6.08 Å². The molecule has 0 aromatic heterocycles. The average molecular weight is 292 g/mol. The molecule has 21 heavy (non-hydrogen) atoms. The van der Waals surface area contributed by atoms with Crippen LogP contribution in [0.1, 0.15) is 25.3 Å². The molecule has 1 aromatic rings. The molecule has 1 aromatic carbocycles. The van der Waals surface area contributed by atoms with Gasteiger partial charge in [-0.05, 0) is 38.0 Å². The third kappa shape index (κ3) is 4.86. The highest BCUT2D eigenvalue weighted by atomic mass is 19.1. The minimum Gasteiger partial charge on any atom is -0.481 e. The zero-order valence-corrected chi connectivity index (χ0v) is 12.2.